The zero-order valence-electron chi connectivity index (χ0n) is 5.47. The van der Waals surface area contributed by atoms with Crippen LogP contribution in [0.25, 0.3) is 0 Å². The van der Waals surface area contributed by atoms with E-state index in [9.17, 15) is 4.79 Å². The molecule has 0 aromatic rings. The average Bonchev–Trinajstić information content (AvgIpc) is 1.68. The van der Waals surface area contributed by atoms with E-state index in [-0.39, 0.29) is 35.5 Å². The molecule has 0 spiro atoms. The minimum absolute atomic E-state index is 0. The molecule has 2 nitrogen and oxygen atoms in total. The molecular formula is C5H8NaO2. The first-order valence-electron chi connectivity index (χ1n) is 2.02. The standard InChI is InChI=1S/C5H8O2.Na/c1-3-4-5(6)7-2;/h3-4H,1-2H3;. The van der Waals surface area contributed by atoms with Crippen LogP contribution in [0.4, 0.5) is 0 Å². The van der Waals surface area contributed by atoms with Crippen molar-refractivity contribution in [1.29, 1.82) is 0 Å². The molecule has 0 N–H and O–H groups in total. The van der Waals surface area contributed by atoms with E-state index in [0.29, 0.717) is 0 Å². The summed E-state index contributed by atoms with van der Waals surface area (Å²) in [6, 6.07) is 0. The summed E-state index contributed by atoms with van der Waals surface area (Å²) >= 11 is 0. The molecule has 0 aliphatic heterocycles. The van der Waals surface area contributed by atoms with Gasteiger partial charge in [-0.2, -0.15) is 0 Å². The van der Waals surface area contributed by atoms with Crippen LogP contribution in [-0.2, 0) is 9.53 Å². The summed E-state index contributed by atoms with van der Waals surface area (Å²) in [5, 5.41) is 0. The molecule has 0 atom stereocenters. The number of esters is 1. The molecular weight excluding hydrogens is 115 g/mol. The van der Waals surface area contributed by atoms with Crippen molar-refractivity contribution in [2.45, 2.75) is 6.92 Å². The molecule has 0 saturated carbocycles. The number of ether oxygens (including phenoxy) is 1. The Kier molecular flexibility index (Phi) is 9.97. The zero-order chi connectivity index (χ0) is 5.70. The van der Waals surface area contributed by atoms with Gasteiger partial charge in [-0.05, 0) is 6.92 Å². The Morgan fingerprint density at radius 1 is 1.62 bits per heavy atom. The van der Waals surface area contributed by atoms with Crippen molar-refractivity contribution in [3.8, 4) is 0 Å². The van der Waals surface area contributed by atoms with Crippen molar-refractivity contribution in [2.24, 2.45) is 0 Å². The Bertz CT molecular complexity index is 88.4. The molecule has 8 heavy (non-hydrogen) atoms. The predicted octanol–water partition coefficient (Wildman–Crippen LogP) is 0.355. The van der Waals surface area contributed by atoms with Crippen LogP contribution in [-0.4, -0.2) is 42.6 Å². The van der Waals surface area contributed by atoms with Crippen LogP contribution >= 0.6 is 0 Å². The fourth-order valence-electron chi connectivity index (χ4n) is 0.204. The van der Waals surface area contributed by atoms with Crippen LogP contribution in [0.3, 0.4) is 0 Å². The number of hydrogen-bond donors (Lipinski definition) is 0. The van der Waals surface area contributed by atoms with Gasteiger partial charge in [0.05, 0.1) is 7.11 Å². The van der Waals surface area contributed by atoms with Crippen molar-refractivity contribution in [3.63, 3.8) is 0 Å². The van der Waals surface area contributed by atoms with Crippen molar-refractivity contribution >= 4 is 35.5 Å². The fourth-order valence-corrected chi connectivity index (χ4v) is 0.204. The number of allylic oxidation sites excluding steroid dienone is 1. The Balaban J connectivity index is 0. The van der Waals surface area contributed by atoms with Gasteiger partial charge >= 0.3 is 5.97 Å². The van der Waals surface area contributed by atoms with Crippen LogP contribution in [0, 0.1) is 0 Å². The van der Waals surface area contributed by atoms with Crippen molar-refractivity contribution in [1.82, 2.24) is 0 Å². The molecule has 41 valence electrons. The number of hydrogen-bond acceptors (Lipinski definition) is 2. The van der Waals surface area contributed by atoms with Crippen LogP contribution in [0.1, 0.15) is 6.92 Å². The molecule has 0 heterocycles. The Morgan fingerprint density at radius 2 is 2.12 bits per heavy atom. The number of carbonyl (C=O) groups is 1. The van der Waals surface area contributed by atoms with Crippen LogP contribution < -0.4 is 0 Å². The third-order valence-electron chi connectivity index (χ3n) is 0.504. The van der Waals surface area contributed by atoms with E-state index in [0.717, 1.165) is 0 Å². The van der Waals surface area contributed by atoms with E-state index in [2.05, 4.69) is 4.74 Å². The summed E-state index contributed by atoms with van der Waals surface area (Å²) in [4.78, 5) is 10.1. The maximum absolute atomic E-state index is 10.1. The molecule has 0 aliphatic carbocycles. The monoisotopic (exact) mass is 123 g/mol. The molecule has 0 unspecified atom stereocenters. The zero-order valence-corrected chi connectivity index (χ0v) is 7.47. The maximum atomic E-state index is 10.1. The molecule has 0 rings (SSSR count). The van der Waals surface area contributed by atoms with E-state index in [4.69, 9.17) is 0 Å². The van der Waals surface area contributed by atoms with Gasteiger partial charge in [0.25, 0.3) is 0 Å². The first kappa shape index (κ1) is 11.1. The first-order chi connectivity index (χ1) is 3.31. The van der Waals surface area contributed by atoms with Crippen molar-refractivity contribution in [2.75, 3.05) is 7.11 Å². The third kappa shape index (κ3) is 6.21. The normalized spacial score (nSPS) is 8.25. The molecule has 0 saturated heterocycles. The summed E-state index contributed by atoms with van der Waals surface area (Å²) < 4.78 is 4.26. The number of methoxy groups -OCH3 is 1. The molecule has 0 aromatic carbocycles. The van der Waals surface area contributed by atoms with Gasteiger partial charge in [-0.1, -0.05) is 6.08 Å². The van der Waals surface area contributed by atoms with E-state index >= 15 is 0 Å². The van der Waals surface area contributed by atoms with Gasteiger partial charge in [0, 0.05) is 35.6 Å². The molecule has 3 heteroatoms. The second kappa shape index (κ2) is 7.21. The first-order valence-corrected chi connectivity index (χ1v) is 2.02. The van der Waals surface area contributed by atoms with E-state index in [1.807, 2.05) is 0 Å². The minimum Gasteiger partial charge on any atom is -0.466 e. The Hall–Kier alpha value is 0.210. The smallest absolute Gasteiger partial charge is 0.330 e. The summed E-state index contributed by atoms with van der Waals surface area (Å²) in [5.74, 6) is -0.303. The largest absolute Gasteiger partial charge is 0.466 e. The van der Waals surface area contributed by atoms with Gasteiger partial charge in [-0.15, -0.1) is 0 Å². The van der Waals surface area contributed by atoms with E-state index in [1.165, 1.54) is 13.2 Å². The summed E-state index contributed by atoms with van der Waals surface area (Å²) in [5.41, 5.74) is 0. The van der Waals surface area contributed by atoms with Crippen LogP contribution in [0.15, 0.2) is 12.2 Å². The maximum Gasteiger partial charge on any atom is 0.330 e. The van der Waals surface area contributed by atoms with Crippen LogP contribution in [0.5, 0.6) is 0 Å². The molecule has 0 aromatic heterocycles. The van der Waals surface area contributed by atoms with Gasteiger partial charge < -0.3 is 4.74 Å². The van der Waals surface area contributed by atoms with Crippen molar-refractivity contribution in [3.05, 3.63) is 12.2 Å². The molecule has 0 amide bonds. The van der Waals surface area contributed by atoms with E-state index < -0.39 is 0 Å². The second-order valence-corrected chi connectivity index (χ2v) is 1.02. The molecule has 1 radical (unpaired) electrons. The second-order valence-electron chi connectivity index (χ2n) is 1.02. The van der Waals surface area contributed by atoms with Crippen LogP contribution in [0.2, 0.25) is 0 Å². The molecule has 0 fully saturated rings. The van der Waals surface area contributed by atoms with Gasteiger partial charge in [0.2, 0.25) is 0 Å². The predicted molar refractivity (Wildman–Crippen MR) is 32.6 cm³/mol. The topological polar surface area (TPSA) is 26.3 Å². The average molecular weight is 123 g/mol. The number of rotatable bonds is 1. The van der Waals surface area contributed by atoms with Gasteiger partial charge in [0.15, 0.2) is 0 Å². The summed E-state index contributed by atoms with van der Waals surface area (Å²) in [6.45, 7) is 1.76. The van der Waals surface area contributed by atoms with Crippen molar-refractivity contribution < 1.29 is 9.53 Å². The fraction of sp³-hybridized carbons (Fsp3) is 0.400. The van der Waals surface area contributed by atoms with E-state index in [1.54, 1.807) is 13.0 Å². The summed E-state index contributed by atoms with van der Waals surface area (Å²) in [7, 11) is 1.35. The van der Waals surface area contributed by atoms with Gasteiger partial charge in [-0.3, -0.25) is 0 Å². The quantitative estimate of drug-likeness (QED) is 0.286. The minimum atomic E-state index is -0.303. The SMILES string of the molecule is CC=CC(=O)OC.[Na]. The Morgan fingerprint density at radius 3 is 2.25 bits per heavy atom. The third-order valence-corrected chi connectivity index (χ3v) is 0.504. The van der Waals surface area contributed by atoms with Gasteiger partial charge in [-0.25, -0.2) is 4.79 Å². The molecule has 0 aliphatic rings. The summed E-state index contributed by atoms with van der Waals surface area (Å²) in [6.07, 6.45) is 2.99. The number of carbonyl (C=O) groups excluding carboxylic acids is 1. The Labute approximate surface area is 71.2 Å². The molecule has 0 bridgehead atoms. The van der Waals surface area contributed by atoms with Gasteiger partial charge in [0.1, 0.15) is 0 Å².